The van der Waals surface area contributed by atoms with Crippen LogP contribution < -0.4 is 38.1 Å². The molecule has 0 saturated heterocycles. The molecule has 0 fully saturated rings. The first-order valence-electron chi connectivity index (χ1n) is 24.4. The minimum absolute atomic E-state index is 0.00212. The van der Waals surface area contributed by atoms with Crippen LogP contribution in [0, 0.1) is 5.92 Å². The van der Waals surface area contributed by atoms with Crippen LogP contribution in [0.5, 0.6) is 0 Å². The molecular weight excluding hydrogens is 949 g/mol. The number of unbranched alkanes of at least 4 members (excludes halogenated alkanes) is 2. The second-order valence-electron chi connectivity index (χ2n) is 18.7. The van der Waals surface area contributed by atoms with Crippen LogP contribution in [-0.2, 0) is 23.9 Å². The highest BCUT2D eigenvalue weighted by Gasteiger charge is 2.34. The number of aromatic carboxylic acids is 1. The summed E-state index contributed by atoms with van der Waals surface area (Å²) in [7, 11) is 0. The summed E-state index contributed by atoms with van der Waals surface area (Å²) < 4.78 is 33.9. The van der Waals surface area contributed by atoms with Gasteiger partial charge >= 0.3 is 5.97 Å². The topological polar surface area (TPSA) is 305 Å². The van der Waals surface area contributed by atoms with E-state index in [2.05, 4.69) is 33.2 Å². The Labute approximate surface area is 424 Å². The molecule has 0 saturated carbocycles. The summed E-state index contributed by atoms with van der Waals surface area (Å²) in [6, 6.07) is 0.00135. The molecule has 3 aliphatic rings. The number of amides is 4. The molecule has 8 atom stereocenters. The number of carbonyl (C=O) groups excluding carboxylic acids is 5. The zero-order valence-corrected chi connectivity index (χ0v) is 42.0. The number of nitrogens with two attached hydrogens (primary N) is 2. The molecule has 1 aliphatic heterocycles. The molecule has 2 aliphatic carbocycles. The van der Waals surface area contributed by atoms with Gasteiger partial charge in [0, 0.05) is 47.7 Å². The molecule has 398 valence electrons. The Morgan fingerprint density at radius 2 is 1.67 bits per heavy atom. The molecular formula is C53H71F2N7O11. The average Bonchev–Trinajstić information content (AvgIpc) is 3.59. The molecule has 1 heterocycles. The Kier molecular flexibility index (Phi) is 22.3. The van der Waals surface area contributed by atoms with E-state index in [0.29, 0.717) is 72.5 Å². The van der Waals surface area contributed by atoms with Crippen molar-refractivity contribution in [3.8, 4) is 0 Å². The minimum atomic E-state index is -3.14. The molecule has 8 unspecified atom stereocenters. The Bertz CT molecular complexity index is 2450. The summed E-state index contributed by atoms with van der Waals surface area (Å²) in [5, 5.41) is 56.2. The van der Waals surface area contributed by atoms with Gasteiger partial charge in [-0.15, -0.1) is 0 Å². The molecule has 18 nitrogen and oxygen atoms in total. The average molecular weight is 1020 g/mol. The molecule has 73 heavy (non-hydrogen) atoms. The summed E-state index contributed by atoms with van der Waals surface area (Å²) in [6.45, 7) is 10.9. The van der Waals surface area contributed by atoms with Crippen LogP contribution in [0.4, 0.5) is 8.78 Å². The van der Waals surface area contributed by atoms with Crippen molar-refractivity contribution < 1.29 is 62.7 Å². The summed E-state index contributed by atoms with van der Waals surface area (Å²) >= 11 is 0. The third-order valence-electron chi connectivity index (χ3n) is 12.5. The van der Waals surface area contributed by atoms with Crippen LogP contribution in [0.3, 0.4) is 0 Å². The Hall–Kier alpha value is -6.42. The van der Waals surface area contributed by atoms with Gasteiger partial charge in [-0.3, -0.25) is 34.6 Å². The number of hydrogen-bond acceptors (Lipinski definition) is 13. The van der Waals surface area contributed by atoms with E-state index in [1.165, 1.54) is 50.3 Å². The van der Waals surface area contributed by atoms with E-state index >= 15 is 0 Å². The van der Waals surface area contributed by atoms with Gasteiger partial charge < -0.3 is 52.6 Å². The number of nitrogens with one attached hydrogen (secondary N) is 5. The predicted octanol–water partition coefficient (Wildman–Crippen LogP) is 3.97. The molecule has 0 bridgehead atoms. The number of alkyl halides is 2. The number of carboxylic acid groups (broad SMARTS) is 1. The summed E-state index contributed by atoms with van der Waals surface area (Å²) in [5.41, 5.74) is 13.2. The van der Waals surface area contributed by atoms with E-state index < -0.39 is 78.2 Å². The lowest BCUT2D eigenvalue weighted by molar-refractivity contribution is -0.129. The lowest BCUT2D eigenvalue weighted by atomic mass is 9.85. The highest BCUT2D eigenvalue weighted by Crippen LogP contribution is 2.45. The van der Waals surface area contributed by atoms with E-state index in [1.54, 1.807) is 25.2 Å². The normalized spacial score (nSPS) is 19.7. The van der Waals surface area contributed by atoms with Crippen LogP contribution in [0.15, 0.2) is 107 Å². The number of carbonyl (C=O) groups is 6. The maximum absolute atomic E-state index is 13.9. The number of aliphatic hydroxyl groups excluding tert-OH is 3. The molecule has 0 spiro atoms. The highest BCUT2D eigenvalue weighted by atomic mass is 19.3. The van der Waals surface area contributed by atoms with Crippen molar-refractivity contribution in [3.05, 3.63) is 124 Å². The fourth-order valence-corrected chi connectivity index (χ4v) is 8.28. The highest BCUT2D eigenvalue weighted by molar-refractivity contribution is 6.04. The second kappa shape index (κ2) is 27.6. The molecule has 1 aromatic rings. The van der Waals surface area contributed by atoms with Gasteiger partial charge in [-0.2, -0.15) is 0 Å². The van der Waals surface area contributed by atoms with Crippen LogP contribution in [0.2, 0.25) is 0 Å². The van der Waals surface area contributed by atoms with E-state index in [9.17, 15) is 58.0 Å². The molecule has 0 radical (unpaired) electrons. The number of hydrogen-bond donors (Lipinski definition) is 11. The fourth-order valence-electron chi connectivity index (χ4n) is 8.28. The first-order valence-corrected chi connectivity index (χ1v) is 24.4. The largest absolute Gasteiger partial charge is 0.478 e. The number of ether oxygens (including phenoxy) is 1. The van der Waals surface area contributed by atoms with Gasteiger partial charge in [0.15, 0.2) is 5.78 Å². The number of aliphatic hydroxyl groups is 3. The lowest BCUT2D eigenvalue weighted by Crippen LogP contribution is -2.59. The van der Waals surface area contributed by atoms with Crippen molar-refractivity contribution in [3.63, 3.8) is 0 Å². The van der Waals surface area contributed by atoms with Gasteiger partial charge in [0.1, 0.15) is 30.0 Å². The van der Waals surface area contributed by atoms with Crippen LogP contribution in [0.25, 0.3) is 5.57 Å². The van der Waals surface area contributed by atoms with Crippen LogP contribution in [0.1, 0.15) is 119 Å². The molecule has 4 amide bonds. The lowest BCUT2D eigenvalue weighted by Gasteiger charge is -2.30. The van der Waals surface area contributed by atoms with Gasteiger partial charge in [0.25, 0.3) is 11.8 Å². The van der Waals surface area contributed by atoms with Gasteiger partial charge in [0.05, 0.1) is 29.8 Å². The van der Waals surface area contributed by atoms with Crippen molar-refractivity contribution in [2.45, 2.75) is 141 Å². The summed E-state index contributed by atoms with van der Waals surface area (Å²) in [6.07, 6.45) is 10.7. The molecule has 4 rings (SSSR count). The standard InChI is InChI=1S/C53H71F2N7O11/c1-7-34(53(6,54)55)17-14-29(2)26-42(60-32(5)63)51(70)62-41(13-8-10-24-56)50(69)59-31(4)48(67)61-40(47(57)66)12-9-11-25-58-49(68)33-16-21-36(39(27-33)52(71)72)46-37-22-18-35(64)19-23-44(37)73-45-28-43(65)30(3)15-20-38(45)46/h7,14,16-18,20-23,27-28,30-32,40-43,50,59-60,63,65,69H,1,8-13,15,19,24-26,56H2,2-6H3,(H2,57,66)(H,58,68)(H,61,67)(H,62,70)(H,71,72). The Morgan fingerprint density at radius 3 is 2.32 bits per heavy atom. The van der Waals surface area contributed by atoms with E-state index in [4.69, 9.17) is 16.2 Å². The van der Waals surface area contributed by atoms with Gasteiger partial charge in [0.2, 0.25) is 17.7 Å². The smallest absolute Gasteiger partial charge is 0.336 e. The maximum atomic E-state index is 13.9. The van der Waals surface area contributed by atoms with E-state index in [-0.39, 0.29) is 66.2 Å². The van der Waals surface area contributed by atoms with E-state index in [0.717, 1.165) is 13.0 Å². The number of benzene rings is 1. The predicted molar refractivity (Wildman–Crippen MR) is 271 cm³/mol. The third-order valence-corrected chi connectivity index (χ3v) is 12.5. The minimum Gasteiger partial charge on any atom is -0.478 e. The first kappa shape index (κ1) is 59.1. The number of ketones is 1. The number of primary amides is 1. The van der Waals surface area contributed by atoms with Crippen molar-refractivity contribution in [2.75, 3.05) is 13.1 Å². The monoisotopic (exact) mass is 1020 g/mol. The maximum Gasteiger partial charge on any atom is 0.336 e. The molecule has 1 aromatic carbocycles. The van der Waals surface area contributed by atoms with Crippen molar-refractivity contribution >= 4 is 41.0 Å². The van der Waals surface area contributed by atoms with Crippen LogP contribution >= 0.6 is 0 Å². The quantitative estimate of drug-likeness (QED) is 0.0338. The number of halogens is 2. The zero-order chi connectivity index (χ0) is 54.2. The first-order chi connectivity index (χ1) is 34.4. The van der Waals surface area contributed by atoms with Gasteiger partial charge in [-0.05, 0) is 120 Å². The van der Waals surface area contributed by atoms with Crippen molar-refractivity contribution in [2.24, 2.45) is 17.4 Å². The fraction of sp³-hybridized carbons (Fsp3) is 0.472. The van der Waals surface area contributed by atoms with Gasteiger partial charge in [-0.25, -0.2) is 13.6 Å². The zero-order valence-electron chi connectivity index (χ0n) is 42.0. The van der Waals surface area contributed by atoms with Crippen molar-refractivity contribution in [1.82, 2.24) is 26.6 Å². The SMILES string of the molecule is C=CC(=CC=C(C)CC(NC(C)O)C(=O)NC(CCCCN)C(O)NC(C)C(=O)NC(CCCCNC(=O)c1ccc(C2=C3C=CC(=O)CC=C3OC3=CC(O)C(C)CC=C32)c(C(=O)O)c1)C(N)=O)C(C)(F)F. The molecule has 20 heteroatoms. The Morgan fingerprint density at radius 1 is 0.959 bits per heavy atom. The summed E-state index contributed by atoms with van der Waals surface area (Å²) in [4.78, 5) is 78.0. The third kappa shape index (κ3) is 17.4. The molecule has 0 aromatic heterocycles. The number of allylic oxidation sites excluding steroid dienone is 9. The van der Waals surface area contributed by atoms with E-state index in [1.807, 2.05) is 13.0 Å². The number of carboxylic acids is 1. The molecule has 13 N–H and O–H groups in total. The number of rotatable bonds is 27. The summed E-state index contributed by atoms with van der Waals surface area (Å²) in [5.74, 6) is -6.85. The number of fused-ring (bicyclic) bond motifs is 2. The van der Waals surface area contributed by atoms with Crippen LogP contribution in [-0.4, -0.2) is 118 Å². The Balaban J connectivity index is 1.38. The van der Waals surface area contributed by atoms with Gasteiger partial charge in [-0.1, -0.05) is 55.9 Å². The van der Waals surface area contributed by atoms with Crippen molar-refractivity contribution in [1.29, 1.82) is 0 Å². The second-order valence-corrected chi connectivity index (χ2v) is 18.7.